The summed E-state index contributed by atoms with van der Waals surface area (Å²) >= 11 is 0. The van der Waals surface area contributed by atoms with Crippen molar-refractivity contribution < 1.29 is 10.2 Å². The van der Waals surface area contributed by atoms with E-state index in [1.54, 1.807) is 0 Å². The maximum Gasteiger partial charge on any atom is 0.127 e. The van der Waals surface area contributed by atoms with Crippen LogP contribution in [-0.2, 0) is 6.42 Å². The van der Waals surface area contributed by atoms with Crippen molar-refractivity contribution >= 4 is 10.8 Å². The number of fused-ring (bicyclic) bond motifs is 1. The molecule has 0 unspecified atom stereocenters. The second-order valence-corrected chi connectivity index (χ2v) is 7.02. The van der Waals surface area contributed by atoms with E-state index in [0.29, 0.717) is 17.2 Å². The zero-order valence-electron chi connectivity index (χ0n) is 16.2. The molecular weight excluding hydrogens is 320 g/mol. The van der Waals surface area contributed by atoms with Gasteiger partial charge in [0.05, 0.1) is 0 Å². The summed E-state index contributed by atoms with van der Waals surface area (Å²) in [5.41, 5.74) is 4.26. The summed E-state index contributed by atoms with van der Waals surface area (Å²) in [6, 6.07) is 7.43. The lowest BCUT2D eigenvalue weighted by molar-refractivity contribution is 0.461. The summed E-state index contributed by atoms with van der Waals surface area (Å²) < 4.78 is 0. The highest BCUT2D eigenvalue weighted by Gasteiger charge is 2.14. The summed E-state index contributed by atoms with van der Waals surface area (Å²) in [6.45, 7) is 9.92. The third kappa shape index (κ3) is 4.78. The van der Waals surface area contributed by atoms with Gasteiger partial charge in [-0.05, 0) is 58.4 Å². The van der Waals surface area contributed by atoms with Gasteiger partial charge in [-0.3, -0.25) is 0 Å². The molecule has 0 aliphatic heterocycles. The zero-order chi connectivity index (χ0) is 19.1. The molecule has 0 atom stereocenters. The molecular formula is C24H30O2. The van der Waals surface area contributed by atoms with E-state index in [-0.39, 0.29) is 11.5 Å². The first-order valence-corrected chi connectivity index (χ1v) is 9.30. The van der Waals surface area contributed by atoms with E-state index in [2.05, 4.69) is 32.6 Å². The Balaban J connectivity index is 2.11. The molecule has 2 nitrogen and oxygen atoms in total. The standard InChI is InChI=1S/C24H30O2/c1-5-6-10-17(2)11-9-12-18(3)15-16-20-19(4)23(25)21-13-7-8-14-22(21)24(20)26/h5,7-8,11,13-15,25-26H,1,6,9-10,12,16H2,2-4H3/b17-11+,18-15+. The van der Waals surface area contributed by atoms with E-state index in [4.69, 9.17) is 0 Å². The Bertz CT molecular complexity index is 841. The van der Waals surface area contributed by atoms with Crippen molar-refractivity contribution in [3.63, 3.8) is 0 Å². The number of hydrogen-bond donors (Lipinski definition) is 2. The van der Waals surface area contributed by atoms with Crippen molar-refractivity contribution in [1.82, 2.24) is 0 Å². The van der Waals surface area contributed by atoms with Gasteiger partial charge in [0.1, 0.15) is 11.5 Å². The summed E-state index contributed by atoms with van der Waals surface area (Å²) in [4.78, 5) is 0. The number of rotatable bonds is 8. The van der Waals surface area contributed by atoms with Crippen molar-refractivity contribution in [2.75, 3.05) is 0 Å². The monoisotopic (exact) mass is 350 g/mol. The van der Waals surface area contributed by atoms with Gasteiger partial charge in [0.2, 0.25) is 0 Å². The number of benzene rings is 2. The smallest absolute Gasteiger partial charge is 0.127 e. The first kappa shape index (κ1) is 19.8. The maximum absolute atomic E-state index is 10.6. The second kappa shape index (κ2) is 9.28. The van der Waals surface area contributed by atoms with E-state index >= 15 is 0 Å². The summed E-state index contributed by atoms with van der Waals surface area (Å²) in [5.74, 6) is 0.542. The Labute approximate surface area is 157 Å². The maximum atomic E-state index is 10.6. The number of allylic oxidation sites excluding steroid dienone is 5. The molecule has 0 fully saturated rings. The molecule has 0 bridgehead atoms. The minimum absolute atomic E-state index is 0.264. The van der Waals surface area contributed by atoms with Crippen LogP contribution in [0.25, 0.3) is 10.8 Å². The molecule has 2 aromatic carbocycles. The van der Waals surface area contributed by atoms with Crippen molar-refractivity contribution in [3.05, 3.63) is 71.3 Å². The van der Waals surface area contributed by atoms with Gasteiger partial charge in [-0.25, -0.2) is 0 Å². The lowest BCUT2D eigenvalue weighted by Crippen LogP contribution is -1.92. The van der Waals surface area contributed by atoms with Crippen LogP contribution in [0.5, 0.6) is 11.5 Å². The third-order valence-electron chi connectivity index (χ3n) is 4.96. The predicted octanol–water partition coefficient (Wildman–Crippen LogP) is 6.74. The second-order valence-electron chi connectivity index (χ2n) is 7.02. The molecule has 0 aromatic heterocycles. The largest absolute Gasteiger partial charge is 0.507 e. The molecule has 0 spiro atoms. The molecule has 0 aliphatic rings. The fourth-order valence-electron chi connectivity index (χ4n) is 3.19. The molecule has 0 saturated heterocycles. The summed E-state index contributed by atoms with van der Waals surface area (Å²) in [7, 11) is 0. The number of phenolic OH excluding ortho intramolecular Hbond substituents is 2. The van der Waals surface area contributed by atoms with Crippen LogP contribution >= 0.6 is 0 Å². The Kier molecular flexibility index (Phi) is 7.08. The van der Waals surface area contributed by atoms with Gasteiger partial charge in [0.15, 0.2) is 0 Å². The van der Waals surface area contributed by atoms with Crippen LogP contribution < -0.4 is 0 Å². The summed E-state index contributed by atoms with van der Waals surface area (Å²) in [6.07, 6.45) is 11.2. The Morgan fingerprint density at radius 3 is 2.15 bits per heavy atom. The average molecular weight is 351 g/mol. The van der Waals surface area contributed by atoms with Crippen LogP contribution in [0, 0.1) is 6.92 Å². The van der Waals surface area contributed by atoms with Gasteiger partial charge >= 0.3 is 0 Å². The fraction of sp³-hybridized carbons (Fsp3) is 0.333. The Hall–Kier alpha value is -2.48. The quantitative estimate of drug-likeness (QED) is 0.409. The van der Waals surface area contributed by atoms with E-state index in [0.717, 1.165) is 36.8 Å². The van der Waals surface area contributed by atoms with Crippen LogP contribution in [0.4, 0.5) is 0 Å². The van der Waals surface area contributed by atoms with Gasteiger partial charge < -0.3 is 10.2 Å². The number of hydrogen-bond acceptors (Lipinski definition) is 2. The van der Waals surface area contributed by atoms with Crippen LogP contribution in [0.3, 0.4) is 0 Å². The topological polar surface area (TPSA) is 40.5 Å². The van der Waals surface area contributed by atoms with Crippen LogP contribution in [-0.4, -0.2) is 10.2 Å². The van der Waals surface area contributed by atoms with E-state index in [9.17, 15) is 10.2 Å². The van der Waals surface area contributed by atoms with Crippen molar-refractivity contribution in [2.45, 2.75) is 52.9 Å². The number of aromatic hydroxyl groups is 2. The van der Waals surface area contributed by atoms with Crippen molar-refractivity contribution in [3.8, 4) is 11.5 Å². The Morgan fingerprint density at radius 1 is 0.923 bits per heavy atom. The highest BCUT2D eigenvalue weighted by atomic mass is 16.3. The lowest BCUT2D eigenvalue weighted by atomic mass is 9.95. The predicted molar refractivity (Wildman–Crippen MR) is 112 cm³/mol. The molecule has 138 valence electrons. The van der Waals surface area contributed by atoms with Crippen molar-refractivity contribution in [2.24, 2.45) is 0 Å². The molecule has 0 heterocycles. The molecule has 26 heavy (non-hydrogen) atoms. The SMILES string of the molecule is C=CCC/C(C)=C/CC/C(C)=C/Cc1c(C)c(O)c2ccccc2c1O. The van der Waals surface area contributed by atoms with E-state index in [1.807, 2.05) is 37.3 Å². The van der Waals surface area contributed by atoms with Crippen LogP contribution in [0.15, 0.2) is 60.2 Å². The average Bonchev–Trinajstić information content (AvgIpc) is 2.64. The van der Waals surface area contributed by atoms with Gasteiger partial charge in [0, 0.05) is 16.3 Å². The fourth-order valence-corrected chi connectivity index (χ4v) is 3.19. The van der Waals surface area contributed by atoms with Gasteiger partial charge in [-0.15, -0.1) is 6.58 Å². The highest BCUT2D eigenvalue weighted by molar-refractivity contribution is 5.95. The van der Waals surface area contributed by atoms with Crippen LogP contribution in [0.1, 0.15) is 50.7 Å². The normalized spacial score (nSPS) is 12.6. The van der Waals surface area contributed by atoms with E-state index in [1.165, 1.54) is 11.1 Å². The van der Waals surface area contributed by atoms with Crippen molar-refractivity contribution in [1.29, 1.82) is 0 Å². The lowest BCUT2D eigenvalue weighted by Gasteiger charge is -2.13. The van der Waals surface area contributed by atoms with Gasteiger partial charge in [-0.1, -0.05) is 53.6 Å². The zero-order valence-corrected chi connectivity index (χ0v) is 16.2. The Morgan fingerprint density at radius 2 is 1.50 bits per heavy atom. The first-order valence-electron chi connectivity index (χ1n) is 9.30. The molecule has 0 aliphatic carbocycles. The molecule has 2 rings (SSSR count). The minimum atomic E-state index is 0.264. The molecule has 0 saturated carbocycles. The summed E-state index contributed by atoms with van der Waals surface area (Å²) in [5, 5.41) is 22.5. The van der Waals surface area contributed by atoms with Gasteiger partial charge in [-0.2, -0.15) is 0 Å². The number of phenols is 2. The molecule has 0 amide bonds. The first-order chi connectivity index (χ1) is 12.5. The van der Waals surface area contributed by atoms with Crippen LogP contribution in [0.2, 0.25) is 0 Å². The van der Waals surface area contributed by atoms with Gasteiger partial charge in [0.25, 0.3) is 0 Å². The molecule has 0 radical (unpaired) electrons. The third-order valence-corrected chi connectivity index (χ3v) is 4.96. The molecule has 2 N–H and O–H groups in total. The van der Waals surface area contributed by atoms with E-state index < -0.39 is 0 Å². The molecule has 2 aromatic rings. The minimum Gasteiger partial charge on any atom is -0.507 e. The highest BCUT2D eigenvalue weighted by Crippen LogP contribution is 2.39. The molecule has 2 heteroatoms.